The molecule has 5 nitrogen and oxygen atoms in total. The lowest BCUT2D eigenvalue weighted by Gasteiger charge is -2.21. The van der Waals surface area contributed by atoms with Gasteiger partial charge in [-0.25, -0.2) is 0 Å². The summed E-state index contributed by atoms with van der Waals surface area (Å²) in [5.74, 6) is 0. The normalized spacial score (nSPS) is 18.6. The summed E-state index contributed by atoms with van der Waals surface area (Å²) in [5, 5.41) is 3.31. The maximum Gasteiger partial charge on any atom is 0.294 e. The minimum absolute atomic E-state index is 0.0521. The average molecular weight is 301 g/mol. The van der Waals surface area contributed by atoms with Crippen LogP contribution in [0.1, 0.15) is 25.8 Å². The fourth-order valence-electron chi connectivity index (χ4n) is 1.70. The Kier molecular flexibility index (Phi) is 6.13. The Morgan fingerprint density at radius 1 is 1.25 bits per heavy atom. The SMILES string of the molecule is CC1(C)CNCCCO1.Cc1ccc(S(=O)(=O)O)cc1. The first-order valence-corrected chi connectivity index (χ1v) is 8.03. The lowest BCUT2D eigenvalue weighted by Crippen LogP contribution is -2.34. The fraction of sp³-hybridized carbons (Fsp3) is 0.571. The Hall–Kier alpha value is -0.950. The Bertz CT molecular complexity index is 498. The van der Waals surface area contributed by atoms with Gasteiger partial charge < -0.3 is 10.1 Å². The quantitative estimate of drug-likeness (QED) is 0.776. The summed E-state index contributed by atoms with van der Waals surface area (Å²) in [5.41, 5.74) is 1.01. The molecule has 1 saturated heterocycles. The van der Waals surface area contributed by atoms with Crippen molar-refractivity contribution >= 4 is 10.1 Å². The van der Waals surface area contributed by atoms with Crippen LogP contribution in [0.4, 0.5) is 0 Å². The van der Waals surface area contributed by atoms with E-state index in [4.69, 9.17) is 9.29 Å². The first-order chi connectivity index (χ1) is 9.21. The number of aryl methyl sites for hydroxylation is 1. The zero-order valence-electron chi connectivity index (χ0n) is 12.2. The number of nitrogens with one attached hydrogen (secondary N) is 1. The maximum atomic E-state index is 10.5. The molecule has 1 aliphatic heterocycles. The molecular weight excluding hydrogens is 278 g/mol. The van der Waals surface area contributed by atoms with Gasteiger partial charge in [0.05, 0.1) is 10.5 Å². The molecule has 114 valence electrons. The van der Waals surface area contributed by atoms with Gasteiger partial charge in [0, 0.05) is 13.2 Å². The predicted molar refractivity (Wildman–Crippen MR) is 78.5 cm³/mol. The molecule has 0 aromatic heterocycles. The summed E-state index contributed by atoms with van der Waals surface area (Å²) in [6.07, 6.45) is 1.14. The monoisotopic (exact) mass is 301 g/mol. The third kappa shape index (κ3) is 6.47. The van der Waals surface area contributed by atoms with Crippen LogP contribution >= 0.6 is 0 Å². The topological polar surface area (TPSA) is 75.6 Å². The number of ether oxygens (including phenoxy) is 1. The van der Waals surface area contributed by atoms with E-state index in [1.807, 2.05) is 6.92 Å². The van der Waals surface area contributed by atoms with E-state index in [1.165, 1.54) is 12.1 Å². The van der Waals surface area contributed by atoms with Gasteiger partial charge in [-0.15, -0.1) is 0 Å². The van der Waals surface area contributed by atoms with Gasteiger partial charge in [-0.05, 0) is 45.9 Å². The highest BCUT2D eigenvalue weighted by Gasteiger charge is 2.19. The lowest BCUT2D eigenvalue weighted by atomic mass is 10.1. The Labute approximate surface area is 121 Å². The van der Waals surface area contributed by atoms with Gasteiger partial charge in [0.15, 0.2) is 0 Å². The average Bonchev–Trinajstić information content (AvgIpc) is 2.53. The van der Waals surface area contributed by atoms with Gasteiger partial charge in [0.2, 0.25) is 0 Å². The van der Waals surface area contributed by atoms with E-state index in [1.54, 1.807) is 12.1 Å². The largest absolute Gasteiger partial charge is 0.374 e. The highest BCUT2D eigenvalue weighted by atomic mass is 32.2. The molecule has 0 bridgehead atoms. The number of hydrogen-bond donors (Lipinski definition) is 2. The van der Waals surface area contributed by atoms with Crippen molar-refractivity contribution in [3.05, 3.63) is 29.8 Å². The van der Waals surface area contributed by atoms with Crippen molar-refractivity contribution < 1.29 is 17.7 Å². The molecule has 1 heterocycles. The molecule has 2 N–H and O–H groups in total. The molecular formula is C14H23NO4S. The van der Waals surface area contributed by atoms with E-state index < -0.39 is 10.1 Å². The van der Waals surface area contributed by atoms with Gasteiger partial charge in [-0.1, -0.05) is 17.7 Å². The van der Waals surface area contributed by atoms with Crippen molar-refractivity contribution in [3.63, 3.8) is 0 Å². The second-order valence-electron chi connectivity index (χ2n) is 5.43. The highest BCUT2D eigenvalue weighted by Crippen LogP contribution is 2.10. The molecule has 1 fully saturated rings. The molecule has 0 amide bonds. The molecule has 2 rings (SSSR count). The second-order valence-corrected chi connectivity index (χ2v) is 6.85. The molecule has 6 heteroatoms. The molecule has 0 spiro atoms. The van der Waals surface area contributed by atoms with E-state index in [0.717, 1.165) is 31.7 Å². The highest BCUT2D eigenvalue weighted by molar-refractivity contribution is 7.85. The van der Waals surface area contributed by atoms with Gasteiger partial charge in [0.1, 0.15) is 0 Å². The van der Waals surface area contributed by atoms with E-state index in [2.05, 4.69) is 19.2 Å². The summed E-state index contributed by atoms with van der Waals surface area (Å²) >= 11 is 0. The van der Waals surface area contributed by atoms with Crippen molar-refractivity contribution in [2.24, 2.45) is 0 Å². The fourth-order valence-corrected chi connectivity index (χ4v) is 2.18. The first kappa shape index (κ1) is 17.1. The van der Waals surface area contributed by atoms with E-state index in [9.17, 15) is 8.42 Å². The molecule has 1 aliphatic rings. The lowest BCUT2D eigenvalue weighted by molar-refractivity contribution is -0.00370. The Balaban J connectivity index is 0.000000204. The van der Waals surface area contributed by atoms with Gasteiger partial charge in [-0.2, -0.15) is 8.42 Å². The summed E-state index contributed by atoms with van der Waals surface area (Å²) < 4.78 is 35.1. The maximum absolute atomic E-state index is 10.5. The van der Waals surface area contributed by atoms with Gasteiger partial charge in [0.25, 0.3) is 10.1 Å². The minimum Gasteiger partial charge on any atom is -0.374 e. The van der Waals surface area contributed by atoms with Crippen molar-refractivity contribution in [2.75, 3.05) is 19.7 Å². The Morgan fingerprint density at radius 3 is 2.40 bits per heavy atom. The van der Waals surface area contributed by atoms with E-state index in [-0.39, 0.29) is 10.5 Å². The first-order valence-electron chi connectivity index (χ1n) is 6.59. The third-order valence-electron chi connectivity index (χ3n) is 2.86. The summed E-state index contributed by atoms with van der Waals surface area (Å²) in [6.45, 7) is 9.06. The number of rotatable bonds is 1. The molecule has 0 radical (unpaired) electrons. The van der Waals surface area contributed by atoms with Crippen molar-refractivity contribution in [1.29, 1.82) is 0 Å². The standard InChI is InChI=1S/C7H15NO.C7H8O3S/c1-7(2)6-8-4-3-5-9-7;1-6-2-4-7(5-3-6)11(8,9)10/h8H,3-6H2,1-2H3;2-5H,1H3,(H,8,9,10). The summed E-state index contributed by atoms with van der Waals surface area (Å²) in [7, 11) is -4.02. The third-order valence-corrected chi connectivity index (χ3v) is 3.73. The van der Waals surface area contributed by atoms with Crippen LogP contribution in [0, 0.1) is 6.92 Å². The summed E-state index contributed by atoms with van der Waals surface area (Å²) in [4.78, 5) is -0.0666. The number of hydrogen-bond acceptors (Lipinski definition) is 4. The minimum atomic E-state index is -4.02. The van der Waals surface area contributed by atoms with E-state index >= 15 is 0 Å². The molecule has 0 aliphatic carbocycles. The van der Waals surface area contributed by atoms with Crippen LogP contribution < -0.4 is 5.32 Å². The smallest absolute Gasteiger partial charge is 0.294 e. The van der Waals surface area contributed by atoms with Gasteiger partial charge >= 0.3 is 0 Å². The van der Waals surface area contributed by atoms with Crippen LogP contribution in [0.25, 0.3) is 0 Å². The summed E-state index contributed by atoms with van der Waals surface area (Å²) in [6, 6.07) is 5.99. The van der Waals surface area contributed by atoms with Crippen LogP contribution in [0.3, 0.4) is 0 Å². The molecule has 1 aromatic carbocycles. The van der Waals surface area contributed by atoms with E-state index in [0.29, 0.717) is 0 Å². The Morgan fingerprint density at radius 2 is 1.85 bits per heavy atom. The van der Waals surface area contributed by atoms with Crippen LogP contribution in [0.15, 0.2) is 29.2 Å². The van der Waals surface area contributed by atoms with Crippen molar-refractivity contribution in [2.45, 2.75) is 37.7 Å². The molecule has 1 aromatic rings. The molecule has 0 atom stereocenters. The zero-order valence-corrected chi connectivity index (χ0v) is 13.0. The van der Waals surface area contributed by atoms with Gasteiger partial charge in [-0.3, -0.25) is 4.55 Å². The van der Waals surface area contributed by atoms with Crippen molar-refractivity contribution in [3.8, 4) is 0 Å². The van der Waals surface area contributed by atoms with Crippen LogP contribution in [-0.4, -0.2) is 38.3 Å². The zero-order chi connectivity index (χ0) is 15.2. The second kappa shape index (κ2) is 7.17. The molecule has 0 unspecified atom stereocenters. The van der Waals surface area contributed by atoms with Crippen molar-refractivity contribution in [1.82, 2.24) is 5.32 Å². The van der Waals surface area contributed by atoms with Crippen LogP contribution in [0.5, 0.6) is 0 Å². The predicted octanol–water partition coefficient (Wildman–Crippen LogP) is 2.02. The molecule has 0 saturated carbocycles. The van der Waals surface area contributed by atoms with Crippen LogP contribution in [-0.2, 0) is 14.9 Å². The molecule has 20 heavy (non-hydrogen) atoms. The van der Waals surface area contributed by atoms with Crippen LogP contribution in [0.2, 0.25) is 0 Å². The number of benzene rings is 1.